The Morgan fingerprint density at radius 3 is 2.78 bits per heavy atom. The Hall–Kier alpha value is -0.860. The lowest BCUT2D eigenvalue weighted by atomic mass is 10.4. The molecule has 0 unspecified atom stereocenters. The van der Waals surface area contributed by atoms with Gasteiger partial charge < -0.3 is 15.2 Å². The van der Waals surface area contributed by atoms with Crippen LogP contribution in [0.5, 0.6) is 0 Å². The lowest BCUT2D eigenvalue weighted by Crippen LogP contribution is -2.39. The normalized spacial score (nSPS) is 15.1. The molecule has 1 heterocycles. The van der Waals surface area contributed by atoms with E-state index in [-0.39, 0.29) is 24.0 Å². The number of aliphatic imine (C=N–C) groups is 1. The van der Waals surface area contributed by atoms with E-state index in [1.165, 1.54) is 12.8 Å². The van der Waals surface area contributed by atoms with Gasteiger partial charge in [-0.25, -0.2) is 0 Å². The van der Waals surface area contributed by atoms with Gasteiger partial charge in [-0.1, -0.05) is 5.16 Å². The van der Waals surface area contributed by atoms with Crippen molar-refractivity contribution in [2.24, 2.45) is 10.9 Å². The fraction of sp³-hybridized carbons (Fsp3) is 0.727. The molecule has 1 aromatic heterocycles. The highest BCUT2D eigenvalue weighted by Crippen LogP contribution is 2.27. The largest absolute Gasteiger partial charge is 0.356 e. The van der Waals surface area contributed by atoms with Gasteiger partial charge >= 0.3 is 0 Å². The first kappa shape index (κ1) is 15.2. The summed E-state index contributed by atoms with van der Waals surface area (Å²) in [6.45, 7) is 3.57. The predicted octanol–water partition coefficient (Wildman–Crippen LogP) is 1.11. The topological polar surface area (TPSA) is 75.3 Å². The molecule has 1 aromatic rings. The molecule has 0 aromatic carbocycles. The molecule has 18 heavy (non-hydrogen) atoms. The minimum absolute atomic E-state index is 0. The van der Waals surface area contributed by atoms with Crippen LogP contribution in [0.4, 0.5) is 0 Å². The van der Waals surface area contributed by atoms with Gasteiger partial charge in [0.25, 0.3) is 0 Å². The standard InChI is InChI=1S/C11H19N5O.HI/c1-8-15-10(17-16-8)5-6-13-11(12-2)14-7-9-3-4-9;/h9H,3-7H2,1-2H3,(H2,12,13,14);1H. The molecule has 0 bridgehead atoms. The average Bonchev–Trinajstić information content (AvgIpc) is 3.06. The van der Waals surface area contributed by atoms with Crippen molar-refractivity contribution in [2.75, 3.05) is 20.1 Å². The molecule has 1 aliphatic rings. The average molecular weight is 365 g/mol. The van der Waals surface area contributed by atoms with Crippen LogP contribution in [0.15, 0.2) is 9.52 Å². The molecule has 1 fully saturated rings. The van der Waals surface area contributed by atoms with Gasteiger partial charge in [-0.15, -0.1) is 24.0 Å². The predicted molar refractivity (Wildman–Crippen MR) is 80.2 cm³/mol. The first-order valence-electron chi connectivity index (χ1n) is 6.01. The molecule has 0 aliphatic heterocycles. The van der Waals surface area contributed by atoms with Gasteiger partial charge in [0.15, 0.2) is 11.8 Å². The molecule has 0 radical (unpaired) electrons. The van der Waals surface area contributed by atoms with Crippen LogP contribution >= 0.6 is 24.0 Å². The maximum absolute atomic E-state index is 5.03. The van der Waals surface area contributed by atoms with E-state index in [2.05, 4.69) is 25.8 Å². The summed E-state index contributed by atoms with van der Waals surface area (Å²) in [6.07, 6.45) is 3.39. The van der Waals surface area contributed by atoms with Crippen LogP contribution in [-0.2, 0) is 6.42 Å². The van der Waals surface area contributed by atoms with Crippen LogP contribution in [0.3, 0.4) is 0 Å². The first-order chi connectivity index (χ1) is 8.28. The highest BCUT2D eigenvalue weighted by Gasteiger charge is 2.20. The fourth-order valence-electron chi connectivity index (χ4n) is 1.51. The second-order valence-corrected chi connectivity index (χ2v) is 4.31. The number of halogens is 1. The Labute approximate surface area is 124 Å². The van der Waals surface area contributed by atoms with Crippen LogP contribution in [0.25, 0.3) is 0 Å². The maximum Gasteiger partial charge on any atom is 0.228 e. The second-order valence-electron chi connectivity index (χ2n) is 4.31. The van der Waals surface area contributed by atoms with Crippen LogP contribution in [0, 0.1) is 12.8 Å². The van der Waals surface area contributed by atoms with Crippen LogP contribution < -0.4 is 10.6 Å². The molecule has 0 spiro atoms. The fourth-order valence-corrected chi connectivity index (χ4v) is 1.51. The highest BCUT2D eigenvalue weighted by molar-refractivity contribution is 14.0. The molecule has 0 atom stereocenters. The van der Waals surface area contributed by atoms with Gasteiger partial charge in [0, 0.05) is 26.6 Å². The Balaban J connectivity index is 0.00000162. The van der Waals surface area contributed by atoms with E-state index in [4.69, 9.17) is 4.52 Å². The minimum Gasteiger partial charge on any atom is -0.356 e. The van der Waals surface area contributed by atoms with E-state index < -0.39 is 0 Å². The van der Waals surface area contributed by atoms with Crippen molar-refractivity contribution in [2.45, 2.75) is 26.2 Å². The summed E-state index contributed by atoms with van der Waals surface area (Å²) < 4.78 is 5.03. The van der Waals surface area contributed by atoms with Gasteiger partial charge in [-0.05, 0) is 25.7 Å². The van der Waals surface area contributed by atoms with Gasteiger partial charge in [-0.2, -0.15) is 4.98 Å². The number of hydrogen-bond acceptors (Lipinski definition) is 4. The molecule has 0 saturated heterocycles. The Kier molecular flexibility index (Phi) is 6.37. The summed E-state index contributed by atoms with van der Waals surface area (Å²) in [5, 5.41) is 10.3. The molecule has 2 N–H and O–H groups in total. The summed E-state index contributed by atoms with van der Waals surface area (Å²) in [5.74, 6) is 3.02. The minimum atomic E-state index is 0. The molecular weight excluding hydrogens is 345 g/mol. The second kappa shape index (κ2) is 7.55. The van der Waals surface area contributed by atoms with E-state index >= 15 is 0 Å². The zero-order valence-corrected chi connectivity index (χ0v) is 13.1. The number of hydrogen-bond donors (Lipinski definition) is 2. The Bertz CT molecular complexity index is 389. The summed E-state index contributed by atoms with van der Waals surface area (Å²) in [6, 6.07) is 0. The molecule has 2 rings (SSSR count). The summed E-state index contributed by atoms with van der Waals surface area (Å²) in [7, 11) is 1.78. The smallest absolute Gasteiger partial charge is 0.228 e. The van der Waals surface area contributed by atoms with Crippen molar-refractivity contribution in [3.05, 3.63) is 11.7 Å². The Morgan fingerprint density at radius 2 is 2.22 bits per heavy atom. The van der Waals surface area contributed by atoms with Gasteiger partial charge in [0.1, 0.15) is 0 Å². The van der Waals surface area contributed by atoms with Crippen molar-refractivity contribution in [3.8, 4) is 0 Å². The zero-order chi connectivity index (χ0) is 12.1. The van der Waals surface area contributed by atoms with Crippen molar-refractivity contribution in [1.29, 1.82) is 0 Å². The SMILES string of the molecule is CN=C(NCCc1nc(C)no1)NCC1CC1.I. The molecule has 0 amide bonds. The Morgan fingerprint density at radius 1 is 1.44 bits per heavy atom. The first-order valence-corrected chi connectivity index (χ1v) is 6.01. The number of nitrogens with zero attached hydrogens (tertiary/aromatic N) is 3. The van der Waals surface area contributed by atoms with Gasteiger partial charge in [0.2, 0.25) is 5.89 Å². The number of guanidine groups is 1. The molecular formula is C11H20IN5O. The third-order valence-electron chi connectivity index (χ3n) is 2.68. The van der Waals surface area contributed by atoms with Crippen LogP contribution in [0.2, 0.25) is 0 Å². The maximum atomic E-state index is 5.03. The lowest BCUT2D eigenvalue weighted by Gasteiger charge is -2.10. The summed E-state index contributed by atoms with van der Waals surface area (Å²) in [4.78, 5) is 8.29. The summed E-state index contributed by atoms with van der Waals surface area (Å²) >= 11 is 0. The van der Waals surface area contributed by atoms with Gasteiger partial charge in [-0.3, -0.25) is 4.99 Å². The molecule has 7 heteroatoms. The molecule has 1 aliphatic carbocycles. The van der Waals surface area contributed by atoms with Crippen LogP contribution in [0.1, 0.15) is 24.6 Å². The molecule has 1 saturated carbocycles. The molecule has 6 nitrogen and oxygen atoms in total. The van der Waals surface area contributed by atoms with Crippen molar-refractivity contribution in [3.63, 3.8) is 0 Å². The third-order valence-corrected chi connectivity index (χ3v) is 2.68. The number of aromatic nitrogens is 2. The van der Waals surface area contributed by atoms with E-state index in [9.17, 15) is 0 Å². The van der Waals surface area contributed by atoms with Crippen molar-refractivity contribution >= 4 is 29.9 Å². The number of rotatable bonds is 5. The van der Waals surface area contributed by atoms with Crippen molar-refractivity contribution < 1.29 is 4.52 Å². The molecule has 102 valence electrons. The number of nitrogens with one attached hydrogen (secondary N) is 2. The van der Waals surface area contributed by atoms with Crippen molar-refractivity contribution in [1.82, 2.24) is 20.8 Å². The lowest BCUT2D eigenvalue weighted by molar-refractivity contribution is 0.374. The highest BCUT2D eigenvalue weighted by atomic mass is 127. The van der Waals surface area contributed by atoms with E-state index in [0.717, 1.165) is 25.0 Å². The quantitative estimate of drug-likeness (QED) is 0.465. The van der Waals surface area contributed by atoms with Crippen LogP contribution in [-0.4, -0.2) is 36.2 Å². The third kappa shape index (κ3) is 5.19. The zero-order valence-electron chi connectivity index (χ0n) is 10.8. The van der Waals surface area contributed by atoms with E-state index in [1.807, 2.05) is 6.92 Å². The summed E-state index contributed by atoms with van der Waals surface area (Å²) in [5.41, 5.74) is 0. The van der Waals surface area contributed by atoms with Gasteiger partial charge in [0.05, 0.1) is 0 Å². The number of aryl methyl sites for hydroxylation is 1. The monoisotopic (exact) mass is 365 g/mol. The van der Waals surface area contributed by atoms with E-state index in [0.29, 0.717) is 18.1 Å². The van der Waals surface area contributed by atoms with E-state index in [1.54, 1.807) is 7.05 Å².